The summed E-state index contributed by atoms with van der Waals surface area (Å²) in [5.74, 6) is 0. The van der Waals surface area contributed by atoms with Gasteiger partial charge in [-0.3, -0.25) is 4.79 Å². The molecule has 0 aliphatic heterocycles. The molecule has 0 unspecified atom stereocenters. The molecule has 0 spiro atoms. The van der Waals surface area contributed by atoms with Crippen molar-refractivity contribution in [3.63, 3.8) is 0 Å². The van der Waals surface area contributed by atoms with Crippen molar-refractivity contribution in [1.29, 1.82) is 0 Å². The van der Waals surface area contributed by atoms with E-state index in [-0.39, 0.29) is 18.8 Å². The number of hydrogen-bond acceptors (Lipinski definition) is 2. The monoisotopic (exact) mass is 217 g/mol. The van der Waals surface area contributed by atoms with Gasteiger partial charge in [0.05, 0.1) is 0 Å². The normalized spacial score (nSPS) is 12.4. The van der Waals surface area contributed by atoms with Gasteiger partial charge in [0.15, 0.2) is 6.17 Å². The van der Waals surface area contributed by atoms with Gasteiger partial charge in [0, 0.05) is 0 Å². The fourth-order valence-electron chi connectivity index (χ4n) is 0.700. The molecule has 0 aliphatic rings. The molecular formula is C7H14Cl2FNO. The summed E-state index contributed by atoms with van der Waals surface area (Å²) < 4.78 is 12.5. The van der Waals surface area contributed by atoms with Crippen LogP contribution in [0.4, 0.5) is 4.39 Å². The van der Waals surface area contributed by atoms with Crippen LogP contribution in [0, 0.1) is 0 Å². The Hall–Kier alpha value is 0.140. The second kappa shape index (κ2) is 7.77. The van der Waals surface area contributed by atoms with Gasteiger partial charge in [-0.15, -0.1) is 12.4 Å². The van der Waals surface area contributed by atoms with Crippen molar-refractivity contribution in [2.45, 2.75) is 19.0 Å². The first-order valence-electron chi connectivity index (χ1n) is 3.52. The van der Waals surface area contributed by atoms with Crippen LogP contribution < -0.4 is 0 Å². The molecule has 5 heteroatoms. The first-order valence-corrected chi connectivity index (χ1v) is 3.90. The van der Waals surface area contributed by atoms with Gasteiger partial charge in [0.1, 0.15) is 0 Å². The predicted octanol–water partition coefficient (Wildman–Crippen LogP) is 1.85. The Bertz CT molecular complexity index is 133. The fraction of sp³-hybridized carbons (Fsp3) is 0.857. The lowest BCUT2D eigenvalue weighted by molar-refractivity contribution is -0.116. The van der Waals surface area contributed by atoms with Gasteiger partial charge < -0.3 is 4.90 Å². The van der Waals surface area contributed by atoms with Gasteiger partial charge in [-0.1, -0.05) is 0 Å². The topological polar surface area (TPSA) is 20.3 Å². The largest absolute Gasteiger partial charge is 0.309 e. The third kappa shape index (κ3) is 8.24. The van der Waals surface area contributed by atoms with Gasteiger partial charge in [-0.25, -0.2) is 4.39 Å². The van der Waals surface area contributed by atoms with E-state index in [4.69, 9.17) is 11.6 Å². The molecule has 0 heterocycles. The highest BCUT2D eigenvalue weighted by molar-refractivity contribution is 6.64. The number of alkyl halides is 1. The molecular weight excluding hydrogens is 204 g/mol. The SMILES string of the molecule is CN(C)CCC[C@@H](F)C(=O)Cl.Cl. The molecule has 0 radical (unpaired) electrons. The summed E-state index contributed by atoms with van der Waals surface area (Å²) in [6.45, 7) is 0.782. The zero-order chi connectivity index (χ0) is 8.85. The highest BCUT2D eigenvalue weighted by atomic mass is 35.5. The number of hydrogen-bond donors (Lipinski definition) is 0. The average molecular weight is 218 g/mol. The molecule has 0 fully saturated rings. The Morgan fingerprint density at radius 1 is 1.58 bits per heavy atom. The lowest BCUT2D eigenvalue weighted by Crippen LogP contribution is -2.16. The fourth-order valence-corrected chi connectivity index (χ4v) is 0.809. The van der Waals surface area contributed by atoms with Crippen molar-refractivity contribution in [2.75, 3.05) is 20.6 Å². The minimum atomic E-state index is -1.49. The van der Waals surface area contributed by atoms with E-state index in [2.05, 4.69) is 0 Å². The number of rotatable bonds is 5. The average Bonchev–Trinajstić information content (AvgIpc) is 1.86. The van der Waals surface area contributed by atoms with Crippen molar-refractivity contribution in [2.24, 2.45) is 0 Å². The van der Waals surface area contributed by atoms with Gasteiger partial charge >= 0.3 is 0 Å². The Kier molecular flexibility index (Phi) is 9.49. The molecule has 0 saturated carbocycles. The molecule has 0 aromatic heterocycles. The van der Waals surface area contributed by atoms with Crippen LogP contribution in [-0.4, -0.2) is 37.0 Å². The van der Waals surface area contributed by atoms with Crippen molar-refractivity contribution < 1.29 is 9.18 Å². The summed E-state index contributed by atoms with van der Waals surface area (Å²) in [6, 6.07) is 0. The van der Waals surface area contributed by atoms with Crippen molar-refractivity contribution in [3.05, 3.63) is 0 Å². The lowest BCUT2D eigenvalue weighted by atomic mass is 10.2. The number of nitrogens with zero attached hydrogens (tertiary/aromatic N) is 1. The maximum Gasteiger partial charge on any atom is 0.255 e. The number of carbonyl (C=O) groups is 1. The summed E-state index contributed by atoms with van der Waals surface area (Å²) in [4.78, 5) is 12.1. The Morgan fingerprint density at radius 2 is 2.08 bits per heavy atom. The molecule has 0 saturated heterocycles. The van der Waals surface area contributed by atoms with Crippen LogP contribution in [-0.2, 0) is 4.79 Å². The number of carbonyl (C=O) groups excluding carboxylic acids is 1. The van der Waals surface area contributed by atoms with E-state index in [9.17, 15) is 9.18 Å². The molecule has 0 N–H and O–H groups in total. The third-order valence-electron chi connectivity index (χ3n) is 1.31. The maximum absolute atomic E-state index is 12.5. The standard InChI is InChI=1S/C7H13ClFNO.ClH/c1-10(2)5-3-4-6(9)7(8)11;/h6H,3-5H2,1-2H3;1H/t6-;/m1./s1. The van der Waals surface area contributed by atoms with E-state index < -0.39 is 11.4 Å². The molecule has 74 valence electrons. The molecule has 0 aromatic rings. The molecule has 0 bridgehead atoms. The van der Waals surface area contributed by atoms with Crippen LogP contribution in [0.3, 0.4) is 0 Å². The minimum absolute atomic E-state index is 0. The lowest BCUT2D eigenvalue weighted by Gasteiger charge is -2.08. The minimum Gasteiger partial charge on any atom is -0.309 e. The Morgan fingerprint density at radius 3 is 2.42 bits per heavy atom. The van der Waals surface area contributed by atoms with E-state index in [1.54, 1.807) is 0 Å². The first-order chi connectivity index (χ1) is 5.04. The summed E-state index contributed by atoms with van der Waals surface area (Å²) in [5.41, 5.74) is 0. The molecule has 0 rings (SSSR count). The van der Waals surface area contributed by atoms with E-state index in [0.717, 1.165) is 6.54 Å². The van der Waals surface area contributed by atoms with Gasteiger partial charge in [-0.05, 0) is 45.1 Å². The Labute approximate surface area is 83.5 Å². The second-order valence-electron chi connectivity index (χ2n) is 2.72. The van der Waals surface area contributed by atoms with E-state index in [1.165, 1.54) is 0 Å². The van der Waals surface area contributed by atoms with Crippen LogP contribution in [0.2, 0.25) is 0 Å². The first kappa shape index (κ1) is 14.7. The summed E-state index contributed by atoms with van der Waals surface area (Å²) in [5, 5.41) is -0.885. The van der Waals surface area contributed by atoms with Crippen molar-refractivity contribution >= 4 is 29.3 Å². The maximum atomic E-state index is 12.5. The quantitative estimate of drug-likeness (QED) is 0.656. The van der Waals surface area contributed by atoms with Crippen molar-refractivity contribution in [3.8, 4) is 0 Å². The van der Waals surface area contributed by atoms with Crippen LogP contribution >= 0.6 is 24.0 Å². The molecule has 0 aliphatic carbocycles. The zero-order valence-corrected chi connectivity index (χ0v) is 8.79. The van der Waals surface area contributed by atoms with Crippen LogP contribution in [0.1, 0.15) is 12.8 Å². The number of halogens is 3. The molecule has 0 aromatic carbocycles. The van der Waals surface area contributed by atoms with Crippen molar-refractivity contribution in [1.82, 2.24) is 4.90 Å². The zero-order valence-electron chi connectivity index (χ0n) is 7.22. The molecule has 2 nitrogen and oxygen atoms in total. The van der Waals surface area contributed by atoms with E-state index in [1.807, 2.05) is 19.0 Å². The van der Waals surface area contributed by atoms with E-state index in [0.29, 0.717) is 6.42 Å². The highest BCUT2D eigenvalue weighted by Crippen LogP contribution is 2.05. The Balaban J connectivity index is 0. The molecule has 0 amide bonds. The van der Waals surface area contributed by atoms with Gasteiger partial charge in [0.25, 0.3) is 5.24 Å². The smallest absolute Gasteiger partial charge is 0.255 e. The van der Waals surface area contributed by atoms with Crippen LogP contribution in [0.5, 0.6) is 0 Å². The molecule has 12 heavy (non-hydrogen) atoms. The van der Waals surface area contributed by atoms with Crippen LogP contribution in [0.25, 0.3) is 0 Å². The summed E-state index contributed by atoms with van der Waals surface area (Å²) in [7, 11) is 3.80. The third-order valence-corrected chi connectivity index (χ3v) is 1.55. The highest BCUT2D eigenvalue weighted by Gasteiger charge is 2.13. The van der Waals surface area contributed by atoms with Crippen LogP contribution in [0.15, 0.2) is 0 Å². The summed E-state index contributed by atoms with van der Waals surface area (Å²) >= 11 is 4.92. The van der Waals surface area contributed by atoms with Gasteiger partial charge in [-0.2, -0.15) is 0 Å². The molecule has 1 atom stereocenters. The van der Waals surface area contributed by atoms with Gasteiger partial charge in [0.2, 0.25) is 0 Å². The summed E-state index contributed by atoms with van der Waals surface area (Å²) in [6.07, 6.45) is -0.607. The second-order valence-corrected chi connectivity index (χ2v) is 3.09. The predicted molar refractivity (Wildman–Crippen MR) is 50.8 cm³/mol. The van der Waals surface area contributed by atoms with E-state index >= 15 is 0 Å².